The maximum absolute atomic E-state index is 3.72. The fourth-order valence-corrected chi connectivity index (χ4v) is 3.00. The van der Waals surface area contributed by atoms with E-state index in [1.807, 2.05) is 0 Å². The second-order valence-corrected chi connectivity index (χ2v) is 6.50. The lowest BCUT2D eigenvalue weighted by molar-refractivity contribution is 0.451. The molecule has 0 saturated heterocycles. The number of nitrogens with one attached hydrogen (secondary N) is 1. The van der Waals surface area contributed by atoms with Crippen LogP contribution in [0.25, 0.3) is 0 Å². The zero-order valence-electron chi connectivity index (χ0n) is 13.1. The predicted octanol–water partition coefficient (Wildman–Crippen LogP) is 5.72. The molecule has 0 spiro atoms. The van der Waals surface area contributed by atoms with Gasteiger partial charge in [-0.25, -0.2) is 0 Å². The van der Waals surface area contributed by atoms with Gasteiger partial charge in [-0.05, 0) is 37.4 Å². The molecule has 2 heteroatoms. The molecule has 0 fully saturated rings. The molecule has 1 nitrogen and oxygen atoms in total. The predicted molar refractivity (Wildman–Crippen MR) is 93.3 cm³/mol. The lowest BCUT2D eigenvalue weighted by Crippen LogP contribution is -2.31. The monoisotopic (exact) mass is 339 g/mol. The summed E-state index contributed by atoms with van der Waals surface area (Å²) in [5.74, 6) is 0. The largest absolute Gasteiger partial charge is 0.314 e. The van der Waals surface area contributed by atoms with Gasteiger partial charge in [-0.1, -0.05) is 80.1 Å². The van der Waals surface area contributed by atoms with E-state index in [0.717, 1.165) is 13.0 Å². The van der Waals surface area contributed by atoms with E-state index in [4.69, 9.17) is 0 Å². The summed E-state index contributed by atoms with van der Waals surface area (Å²) < 4.78 is 1.24. The molecule has 1 N–H and O–H groups in total. The van der Waals surface area contributed by atoms with Gasteiger partial charge in [0.1, 0.15) is 0 Å². The SMILES string of the molecule is CCCCCCCC(Cc1ccccc1Br)NCCC. The minimum Gasteiger partial charge on any atom is -0.314 e. The minimum absolute atomic E-state index is 0.621. The smallest absolute Gasteiger partial charge is 0.0207 e. The van der Waals surface area contributed by atoms with Gasteiger partial charge in [0.25, 0.3) is 0 Å². The fraction of sp³-hybridized carbons (Fsp3) is 0.667. The first-order valence-corrected chi connectivity index (χ1v) is 9.04. The summed E-state index contributed by atoms with van der Waals surface area (Å²) in [7, 11) is 0. The van der Waals surface area contributed by atoms with Gasteiger partial charge in [0, 0.05) is 10.5 Å². The van der Waals surface area contributed by atoms with E-state index < -0.39 is 0 Å². The molecular formula is C18H30BrN. The van der Waals surface area contributed by atoms with Crippen molar-refractivity contribution in [2.45, 2.75) is 71.3 Å². The Labute approximate surface area is 133 Å². The van der Waals surface area contributed by atoms with Crippen molar-refractivity contribution in [2.24, 2.45) is 0 Å². The molecule has 0 aliphatic heterocycles. The first kappa shape index (κ1) is 17.7. The number of benzene rings is 1. The molecule has 20 heavy (non-hydrogen) atoms. The third kappa shape index (κ3) is 7.44. The number of rotatable bonds is 11. The van der Waals surface area contributed by atoms with Crippen LogP contribution in [0, 0.1) is 0 Å². The van der Waals surface area contributed by atoms with Gasteiger partial charge in [0.2, 0.25) is 0 Å². The quantitative estimate of drug-likeness (QED) is 0.508. The Morgan fingerprint density at radius 2 is 1.75 bits per heavy atom. The van der Waals surface area contributed by atoms with Gasteiger partial charge in [-0.2, -0.15) is 0 Å². The summed E-state index contributed by atoms with van der Waals surface area (Å²) in [6, 6.07) is 9.23. The first-order chi connectivity index (χ1) is 9.77. The standard InChI is InChI=1S/C18H30BrN/c1-3-5-6-7-8-12-17(20-14-4-2)15-16-11-9-10-13-18(16)19/h9-11,13,17,20H,3-8,12,14-15H2,1-2H3. The van der Waals surface area contributed by atoms with Crippen LogP contribution in [0.2, 0.25) is 0 Å². The molecule has 0 radical (unpaired) electrons. The van der Waals surface area contributed by atoms with Gasteiger partial charge in [-0.3, -0.25) is 0 Å². The Morgan fingerprint density at radius 1 is 1.00 bits per heavy atom. The Hall–Kier alpha value is -0.340. The highest BCUT2D eigenvalue weighted by atomic mass is 79.9. The van der Waals surface area contributed by atoms with E-state index in [1.165, 1.54) is 55.0 Å². The Morgan fingerprint density at radius 3 is 2.45 bits per heavy atom. The highest BCUT2D eigenvalue weighted by molar-refractivity contribution is 9.10. The van der Waals surface area contributed by atoms with E-state index in [1.54, 1.807) is 0 Å². The fourth-order valence-electron chi connectivity index (χ4n) is 2.55. The zero-order chi connectivity index (χ0) is 14.6. The molecular weight excluding hydrogens is 310 g/mol. The van der Waals surface area contributed by atoms with Crippen molar-refractivity contribution in [3.8, 4) is 0 Å². The van der Waals surface area contributed by atoms with Crippen molar-refractivity contribution < 1.29 is 0 Å². The molecule has 0 heterocycles. The lowest BCUT2D eigenvalue weighted by atomic mass is 9.99. The summed E-state index contributed by atoms with van der Waals surface area (Å²) in [5.41, 5.74) is 1.43. The third-order valence-corrected chi connectivity index (χ3v) is 4.54. The molecule has 1 atom stereocenters. The molecule has 114 valence electrons. The van der Waals surface area contributed by atoms with Crippen molar-refractivity contribution in [3.05, 3.63) is 34.3 Å². The topological polar surface area (TPSA) is 12.0 Å². The third-order valence-electron chi connectivity index (χ3n) is 3.76. The molecule has 0 bridgehead atoms. The van der Waals surface area contributed by atoms with Crippen molar-refractivity contribution in [1.82, 2.24) is 5.32 Å². The van der Waals surface area contributed by atoms with Crippen LogP contribution in [0.4, 0.5) is 0 Å². The summed E-state index contributed by atoms with van der Waals surface area (Å²) in [4.78, 5) is 0. The second-order valence-electron chi connectivity index (χ2n) is 5.65. The van der Waals surface area contributed by atoms with Crippen molar-refractivity contribution in [2.75, 3.05) is 6.54 Å². The average molecular weight is 340 g/mol. The molecule has 1 unspecified atom stereocenters. The minimum atomic E-state index is 0.621. The molecule has 1 rings (SSSR count). The molecule has 0 aromatic heterocycles. The second kappa shape index (κ2) is 11.3. The summed E-state index contributed by atoms with van der Waals surface area (Å²) in [6.45, 7) is 5.65. The maximum Gasteiger partial charge on any atom is 0.0207 e. The normalized spacial score (nSPS) is 12.6. The van der Waals surface area contributed by atoms with Crippen LogP contribution in [0.15, 0.2) is 28.7 Å². The van der Waals surface area contributed by atoms with Crippen LogP contribution < -0.4 is 5.32 Å². The van der Waals surface area contributed by atoms with Crippen LogP contribution >= 0.6 is 15.9 Å². The highest BCUT2D eigenvalue weighted by Gasteiger charge is 2.10. The maximum atomic E-state index is 3.72. The molecule has 0 saturated carbocycles. The average Bonchev–Trinajstić information content (AvgIpc) is 2.46. The molecule has 0 amide bonds. The van der Waals surface area contributed by atoms with E-state index in [0.29, 0.717) is 6.04 Å². The Balaban J connectivity index is 2.41. The van der Waals surface area contributed by atoms with Gasteiger partial charge in [-0.15, -0.1) is 0 Å². The van der Waals surface area contributed by atoms with Gasteiger partial charge >= 0.3 is 0 Å². The van der Waals surface area contributed by atoms with E-state index in [2.05, 4.69) is 59.4 Å². The molecule has 0 aliphatic carbocycles. The number of hydrogen-bond acceptors (Lipinski definition) is 1. The number of halogens is 1. The van der Waals surface area contributed by atoms with Crippen molar-refractivity contribution in [1.29, 1.82) is 0 Å². The Kier molecular flexibility index (Phi) is 10.0. The van der Waals surface area contributed by atoms with Crippen molar-refractivity contribution in [3.63, 3.8) is 0 Å². The number of unbranched alkanes of at least 4 members (excludes halogenated alkanes) is 4. The molecule has 0 aliphatic rings. The highest BCUT2D eigenvalue weighted by Crippen LogP contribution is 2.19. The van der Waals surface area contributed by atoms with Gasteiger partial charge < -0.3 is 5.32 Å². The van der Waals surface area contributed by atoms with Crippen LogP contribution in [-0.4, -0.2) is 12.6 Å². The number of hydrogen-bond donors (Lipinski definition) is 1. The molecule has 1 aromatic carbocycles. The van der Waals surface area contributed by atoms with E-state index >= 15 is 0 Å². The summed E-state index contributed by atoms with van der Waals surface area (Å²) in [5, 5.41) is 3.72. The van der Waals surface area contributed by atoms with Crippen molar-refractivity contribution >= 4 is 15.9 Å². The van der Waals surface area contributed by atoms with Gasteiger partial charge in [0.05, 0.1) is 0 Å². The van der Waals surface area contributed by atoms with Crippen LogP contribution in [0.3, 0.4) is 0 Å². The van der Waals surface area contributed by atoms with E-state index in [9.17, 15) is 0 Å². The van der Waals surface area contributed by atoms with E-state index in [-0.39, 0.29) is 0 Å². The summed E-state index contributed by atoms with van der Waals surface area (Å²) >= 11 is 3.67. The lowest BCUT2D eigenvalue weighted by Gasteiger charge is -2.19. The first-order valence-electron chi connectivity index (χ1n) is 8.24. The zero-order valence-corrected chi connectivity index (χ0v) is 14.7. The van der Waals surface area contributed by atoms with Crippen LogP contribution in [0.5, 0.6) is 0 Å². The van der Waals surface area contributed by atoms with Crippen LogP contribution in [0.1, 0.15) is 64.4 Å². The summed E-state index contributed by atoms with van der Waals surface area (Å²) in [6.07, 6.45) is 10.5. The molecule has 1 aromatic rings. The Bertz CT molecular complexity index is 351. The van der Waals surface area contributed by atoms with Crippen LogP contribution in [-0.2, 0) is 6.42 Å². The van der Waals surface area contributed by atoms with Gasteiger partial charge in [0.15, 0.2) is 0 Å².